The summed E-state index contributed by atoms with van der Waals surface area (Å²) in [4.78, 5) is 0. The van der Waals surface area contributed by atoms with Crippen molar-refractivity contribution >= 4 is 0 Å². The van der Waals surface area contributed by atoms with Crippen molar-refractivity contribution in [2.45, 2.75) is 32.2 Å². The molecular weight excluding hydrogens is 170 g/mol. The molecule has 0 spiro atoms. The van der Waals surface area contributed by atoms with E-state index in [0.717, 1.165) is 19.3 Å². The van der Waals surface area contributed by atoms with Gasteiger partial charge in [-0.05, 0) is 24.0 Å². The van der Waals surface area contributed by atoms with Gasteiger partial charge in [-0.2, -0.15) is 0 Å². The van der Waals surface area contributed by atoms with E-state index in [1.165, 1.54) is 11.1 Å². The van der Waals surface area contributed by atoms with Crippen LogP contribution in [0.4, 0.5) is 0 Å². The van der Waals surface area contributed by atoms with Crippen LogP contribution >= 0.6 is 0 Å². The van der Waals surface area contributed by atoms with E-state index < -0.39 is 0 Å². The molecule has 0 saturated carbocycles. The van der Waals surface area contributed by atoms with E-state index in [1.54, 1.807) is 0 Å². The van der Waals surface area contributed by atoms with Crippen molar-refractivity contribution in [2.75, 3.05) is 0 Å². The molecule has 1 atom stereocenters. The molecule has 0 heterocycles. The zero-order valence-electron chi connectivity index (χ0n) is 8.87. The van der Waals surface area contributed by atoms with Crippen LogP contribution in [0.3, 0.4) is 0 Å². The summed E-state index contributed by atoms with van der Waals surface area (Å²) in [6.45, 7) is 5.91. The third kappa shape index (κ3) is 2.71. The molecule has 0 aromatic heterocycles. The number of aryl methyl sites for hydroxylation is 1. The first kappa shape index (κ1) is 11.0. The van der Waals surface area contributed by atoms with Crippen LogP contribution in [0.15, 0.2) is 36.9 Å². The van der Waals surface area contributed by atoms with Gasteiger partial charge in [-0.3, -0.25) is 0 Å². The predicted octanol–water partition coefficient (Wildman–Crippen LogP) is 3.22. The van der Waals surface area contributed by atoms with Gasteiger partial charge in [0.15, 0.2) is 0 Å². The van der Waals surface area contributed by atoms with Crippen molar-refractivity contribution in [3.63, 3.8) is 0 Å². The largest absolute Gasteiger partial charge is 0.324 e. The molecule has 76 valence electrons. The van der Waals surface area contributed by atoms with Gasteiger partial charge in [0.05, 0.1) is 0 Å². The van der Waals surface area contributed by atoms with E-state index >= 15 is 0 Å². The highest BCUT2D eigenvalue weighted by Crippen LogP contribution is 2.20. The standard InChI is InChI=1S/C13H19N/c1-3-7-11-9-5-6-10-12(11)13(14)8-4-2/h4-6,9-10,13H,2-3,7-8,14H2,1H3/t13-/m0/s1. The average Bonchev–Trinajstić information content (AvgIpc) is 2.19. The van der Waals surface area contributed by atoms with Crippen molar-refractivity contribution < 1.29 is 0 Å². The maximum Gasteiger partial charge on any atom is 0.0332 e. The molecule has 0 saturated heterocycles. The molecule has 0 aliphatic rings. The molecule has 14 heavy (non-hydrogen) atoms. The van der Waals surface area contributed by atoms with Gasteiger partial charge in [-0.25, -0.2) is 0 Å². The summed E-state index contributed by atoms with van der Waals surface area (Å²) < 4.78 is 0. The molecule has 0 aliphatic carbocycles. The Labute approximate surface area is 86.6 Å². The average molecular weight is 189 g/mol. The molecule has 1 heteroatoms. The van der Waals surface area contributed by atoms with Crippen molar-refractivity contribution in [3.8, 4) is 0 Å². The van der Waals surface area contributed by atoms with E-state index in [2.05, 4.69) is 37.8 Å². The minimum Gasteiger partial charge on any atom is -0.324 e. The SMILES string of the molecule is C=CC[C@H](N)c1ccccc1CCC. The van der Waals surface area contributed by atoms with Crippen LogP contribution in [0.2, 0.25) is 0 Å². The number of rotatable bonds is 5. The van der Waals surface area contributed by atoms with Crippen LogP contribution in [0.1, 0.15) is 36.9 Å². The number of hydrogen-bond acceptors (Lipinski definition) is 1. The van der Waals surface area contributed by atoms with E-state index in [1.807, 2.05) is 6.08 Å². The molecule has 1 nitrogen and oxygen atoms in total. The Bertz CT molecular complexity index is 291. The van der Waals surface area contributed by atoms with E-state index in [0.29, 0.717) is 0 Å². The zero-order chi connectivity index (χ0) is 10.4. The summed E-state index contributed by atoms with van der Waals surface area (Å²) in [6.07, 6.45) is 5.01. The van der Waals surface area contributed by atoms with Crippen LogP contribution in [0.25, 0.3) is 0 Å². The van der Waals surface area contributed by atoms with Crippen LogP contribution in [0.5, 0.6) is 0 Å². The van der Waals surface area contributed by atoms with Gasteiger partial charge in [-0.15, -0.1) is 6.58 Å². The lowest BCUT2D eigenvalue weighted by atomic mass is 9.96. The fraction of sp³-hybridized carbons (Fsp3) is 0.385. The normalized spacial score (nSPS) is 12.4. The topological polar surface area (TPSA) is 26.0 Å². The Kier molecular flexibility index (Phi) is 4.41. The van der Waals surface area contributed by atoms with E-state index in [-0.39, 0.29) is 6.04 Å². The summed E-state index contributed by atoms with van der Waals surface area (Å²) in [5.74, 6) is 0. The number of nitrogens with two attached hydrogens (primary N) is 1. The second-order valence-electron chi connectivity index (χ2n) is 3.58. The first-order valence-electron chi connectivity index (χ1n) is 5.23. The third-order valence-electron chi connectivity index (χ3n) is 2.39. The Hall–Kier alpha value is -1.08. The summed E-state index contributed by atoms with van der Waals surface area (Å²) in [5, 5.41) is 0. The summed E-state index contributed by atoms with van der Waals surface area (Å²) in [6, 6.07) is 8.53. The molecular formula is C13H19N. The molecule has 2 N–H and O–H groups in total. The minimum atomic E-state index is 0.107. The number of benzene rings is 1. The van der Waals surface area contributed by atoms with Gasteiger partial charge in [0.25, 0.3) is 0 Å². The molecule has 0 unspecified atom stereocenters. The highest BCUT2D eigenvalue weighted by Gasteiger charge is 2.07. The fourth-order valence-electron chi connectivity index (χ4n) is 1.70. The zero-order valence-corrected chi connectivity index (χ0v) is 8.87. The summed E-state index contributed by atoms with van der Waals surface area (Å²) in [7, 11) is 0. The number of hydrogen-bond donors (Lipinski definition) is 1. The summed E-state index contributed by atoms with van der Waals surface area (Å²) >= 11 is 0. The Morgan fingerprint density at radius 1 is 1.43 bits per heavy atom. The Balaban J connectivity index is 2.87. The second kappa shape index (κ2) is 5.61. The highest BCUT2D eigenvalue weighted by molar-refractivity contribution is 5.30. The first-order chi connectivity index (χ1) is 6.79. The van der Waals surface area contributed by atoms with E-state index in [4.69, 9.17) is 5.73 Å². The van der Waals surface area contributed by atoms with Gasteiger partial charge < -0.3 is 5.73 Å². The molecule has 1 rings (SSSR count). The molecule has 0 bridgehead atoms. The Morgan fingerprint density at radius 3 is 2.79 bits per heavy atom. The minimum absolute atomic E-state index is 0.107. The lowest BCUT2D eigenvalue weighted by Gasteiger charge is -2.14. The van der Waals surface area contributed by atoms with Crippen molar-refractivity contribution in [1.82, 2.24) is 0 Å². The maximum atomic E-state index is 6.07. The van der Waals surface area contributed by atoms with Gasteiger partial charge in [-0.1, -0.05) is 43.7 Å². The monoisotopic (exact) mass is 189 g/mol. The molecule has 0 aliphatic heterocycles. The van der Waals surface area contributed by atoms with Crippen molar-refractivity contribution in [2.24, 2.45) is 5.73 Å². The third-order valence-corrected chi connectivity index (χ3v) is 2.39. The first-order valence-corrected chi connectivity index (χ1v) is 5.23. The van der Waals surface area contributed by atoms with Gasteiger partial charge in [0.2, 0.25) is 0 Å². The van der Waals surface area contributed by atoms with E-state index in [9.17, 15) is 0 Å². The lowest BCUT2D eigenvalue weighted by molar-refractivity contribution is 0.724. The van der Waals surface area contributed by atoms with Gasteiger partial charge in [0, 0.05) is 6.04 Å². The van der Waals surface area contributed by atoms with Crippen LogP contribution in [0, 0.1) is 0 Å². The van der Waals surface area contributed by atoms with Crippen LogP contribution < -0.4 is 5.73 Å². The Morgan fingerprint density at radius 2 is 2.14 bits per heavy atom. The van der Waals surface area contributed by atoms with Crippen LogP contribution in [-0.2, 0) is 6.42 Å². The molecule has 0 fully saturated rings. The second-order valence-corrected chi connectivity index (χ2v) is 3.58. The highest BCUT2D eigenvalue weighted by atomic mass is 14.6. The lowest BCUT2D eigenvalue weighted by Crippen LogP contribution is -2.11. The van der Waals surface area contributed by atoms with Crippen molar-refractivity contribution in [3.05, 3.63) is 48.0 Å². The quantitative estimate of drug-likeness (QED) is 0.707. The fourth-order valence-corrected chi connectivity index (χ4v) is 1.70. The van der Waals surface area contributed by atoms with Crippen LogP contribution in [-0.4, -0.2) is 0 Å². The van der Waals surface area contributed by atoms with Gasteiger partial charge in [0.1, 0.15) is 0 Å². The van der Waals surface area contributed by atoms with Gasteiger partial charge >= 0.3 is 0 Å². The molecule has 1 aromatic rings. The maximum absolute atomic E-state index is 6.07. The molecule has 0 radical (unpaired) electrons. The van der Waals surface area contributed by atoms with Crippen molar-refractivity contribution in [1.29, 1.82) is 0 Å². The summed E-state index contributed by atoms with van der Waals surface area (Å²) in [5.41, 5.74) is 8.72. The smallest absolute Gasteiger partial charge is 0.0332 e. The molecule has 1 aromatic carbocycles. The molecule has 0 amide bonds. The predicted molar refractivity (Wildman–Crippen MR) is 62.2 cm³/mol.